The van der Waals surface area contributed by atoms with Crippen LogP contribution in [-0.4, -0.2) is 38.0 Å². The SMILES string of the molecule is Cc1cccc(C)c1OCc1nnc(SCC(=O)N2CCc3sccc3C2)n1N. The second-order valence-electron chi connectivity index (χ2n) is 7.00. The van der Waals surface area contributed by atoms with E-state index in [1.54, 1.807) is 11.3 Å². The number of carbonyl (C=O) groups excluding carboxylic acids is 1. The molecule has 3 heterocycles. The van der Waals surface area contributed by atoms with Crippen LogP contribution in [0.5, 0.6) is 5.75 Å². The van der Waals surface area contributed by atoms with Gasteiger partial charge in [0.2, 0.25) is 11.1 Å². The van der Waals surface area contributed by atoms with E-state index in [-0.39, 0.29) is 18.3 Å². The van der Waals surface area contributed by atoms with Crippen LogP contribution in [-0.2, 0) is 24.4 Å². The van der Waals surface area contributed by atoms with Crippen LogP contribution in [0.2, 0.25) is 0 Å². The number of hydrogen-bond donors (Lipinski definition) is 1. The molecule has 0 saturated heterocycles. The molecular formula is C20H23N5O2S2. The molecule has 0 bridgehead atoms. The summed E-state index contributed by atoms with van der Waals surface area (Å²) in [5.41, 5.74) is 3.37. The van der Waals surface area contributed by atoms with Gasteiger partial charge in [-0.2, -0.15) is 0 Å². The van der Waals surface area contributed by atoms with E-state index in [0.717, 1.165) is 29.8 Å². The maximum Gasteiger partial charge on any atom is 0.233 e. The number of thioether (sulfide) groups is 1. The molecule has 1 aromatic carbocycles. The number of nitrogens with two attached hydrogens (primary N) is 1. The highest BCUT2D eigenvalue weighted by molar-refractivity contribution is 7.99. The summed E-state index contributed by atoms with van der Waals surface area (Å²) in [5, 5.41) is 10.8. The van der Waals surface area contributed by atoms with Gasteiger partial charge in [0.05, 0.1) is 5.75 Å². The Hall–Kier alpha value is -2.52. The van der Waals surface area contributed by atoms with Gasteiger partial charge >= 0.3 is 0 Å². The Balaban J connectivity index is 1.34. The zero-order valence-electron chi connectivity index (χ0n) is 16.4. The lowest BCUT2D eigenvalue weighted by Gasteiger charge is -2.26. The minimum atomic E-state index is 0.0863. The van der Waals surface area contributed by atoms with Crippen molar-refractivity contribution in [1.82, 2.24) is 19.8 Å². The lowest BCUT2D eigenvalue weighted by Crippen LogP contribution is -2.36. The number of carbonyl (C=O) groups is 1. The fourth-order valence-corrected chi connectivity index (χ4v) is 5.01. The van der Waals surface area contributed by atoms with Crippen LogP contribution < -0.4 is 10.6 Å². The number of nitrogens with zero attached hydrogens (tertiary/aromatic N) is 4. The van der Waals surface area contributed by atoms with Crippen molar-refractivity contribution >= 4 is 29.0 Å². The number of benzene rings is 1. The first kappa shape index (κ1) is 19.8. The van der Waals surface area contributed by atoms with Gasteiger partial charge in [0.15, 0.2) is 5.82 Å². The van der Waals surface area contributed by atoms with Crippen LogP contribution in [0, 0.1) is 13.8 Å². The first-order valence-corrected chi connectivity index (χ1v) is 11.2. The Labute approximate surface area is 177 Å². The van der Waals surface area contributed by atoms with Gasteiger partial charge in [-0.05, 0) is 48.4 Å². The molecule has 1 aliphatic heterocycles. The van der Waals surface area contributed by atoms with E-state index in [9.17, 15) is 4.79 Å². The molecule has 7 nitrogen and oxygen atoms in total. The summed E-state index contributed by atoms with van der Waals surface area (Å²) in [4.78, 5) is 15.9. The van der Waals surface area contributed by atoms with E-state index < -0.39 is 0 Å². The van der Waals surface area contributed by atoms with Crippen LogP contribution in [0.25, 0.3) is 0 Å². The highest BCUT2D eigenvalue weighted by Gasteiger charge is 2.22. The third kappa shape index (κ3) is 4.25. The van der Waals surface area contributed by atoms with Gasteiger partial charge in [0.25, 0.3) is 0 Å². The smallest absolute Gasteiger partial charge is 0.233 e. The lowest BCUT2D eigenvalue weighted by atomic mass is 10.1. The van der Waals surface area contributed by atoms with E-state index in [2.05, 4.69) is 21.6 Å². The van der Waals surface area contributed by atoms with Gasteiger partial charge in [-0.3, -0.25) is 4.79 Å². The molecule has 3 aromatic rings. The van der Waals surface area contributed by atoms with Crippen LogP contribution >= 0.6 is 23.1 Å². The predicted molar refractivity (Wildman–Crippen MR) is 115 cm³/mol. The van der Waals surface area contributed by atoms with Gasteiger partial charge in [-0.1, -0.05) is 30.0 Å². The zero-order valence-corrected chi connectivity index (χ0v) is 18.1. The zero-order chi connectivity index (χ0) is 20.4. The summed E-state index contributed by atoms with van der Waals surface area (Å²) in [6.07, 6.45) is 0.927. The predicted octanol–water partition coefficient (Wildman–Crippen LogP) is 2.93. The van der Waals surface area contributed by atoms with Gasteiger partial charge in [0, 0.05) is 18.0 Å². The summed E-state index contributed by atoms with van der Waals surface area (Å²) in [6, 6.07) is 8.10. The quantitative estimate of drug-likeness (QED) is 0.479. The number of hydrogen-bond acceptors (Lipinski definition) is 7. The van der Waals surface area contributed by atoms with Crippen LogP contribution in [0.1, 0.15) is 27.4 Å². The summed E-state index contributed by atoms with van der Waals surface area (Å²) in [5.74, 6) is 7.84. The molecule has 29 heavy (non-hydrogen) atoms. The van der Waals surface area contributed by atoms with Crippen molar-refractivity contribution in [2.24, 2.45) is 0 Å². The Morgan fingerprint density at radius 1 is 1.28 bits per heavy atom. The van der Waals surface area contributed by atoms with Crippen molar-refractivity contribution in [2.45, 2.75) is 38.6 Å². The van der Waals surface area contributed by atoms with Gasteiger partial charge in [-0.25, -0.2) is 4.68 Å². The van der Waals surface area contributed by atoms with Crippen molar-refractivity contribution in [3.05, 3.63) is 57.0 Å². The number of rotatable bonds is 6. The van der Waals surface area contributed by atoms with E-state index in [0.29, 0.717) is 17.5 Å². The maximum absolute atomic E-state index is 12.6. The Morgan fingerprint density at radius 3 is 2.86 bits per heavy atom. The summed E-state index contributed by atoms with van der Waals surface area (Å²) < 4.78 is 7.31. The van der Waals surface area contributed by atoms with Crippen LogP contribution in [0.15, 0.2) is 34.8 Å². The second-order valence-corrected chi connectivity index (χ2v) is 8.94. The fraction of sp³-hybridized carbons (Fsp3) is 0.350. The van der Waals surface area contributed by atoms with Gasteiger partial charge < -0.3 is 15.5 Å². The first-order valence-electron chi connectivity index (χ1n) is 9.37. The molecule has 2 N–H and O–H groups in total. The van der Waals surface area contributed by atoms with Crippen molar-refractivity contribution in [2.75, 3.05) is 18.1 Å². The third-order valence-electron chi connectivity index (χ3n) is 4.97. The molecule has 9 heteroatoms. The number of nitrogen functional groups attached to an aromatic ring is 1. The normalized spacial score (nSPS) is 13.4. The Bertz CT molecular complexity index is 1010. The molecule has 0 unspecified atom stereocenters. The van der Waals surface area contributed by atoms with Gasteiger partial charge in [0.1, 0.15) is 12.4 Å². The minimum Gasteiger partial charge on any atom is -0.485 e. The van der Waals surface area contributed by atoms with Gasteiger partial charge in [-0.15, -0.1) is 21.5 Å². The molecule has 0 saturated carbocycles. The molecule has 0 fully saturated rings. The number of aryl methyl sites for hydroxylation is 2. The van der Waals surface area contributed by atoms with Crippen molar-refractivity contribution in [1.29, 1.82) is 0 Å². The highest BCUT2D eigenvalue weighted by atomic mass is 32.2. The molecule has 0 atom stereocenters. The number of ether oxygens (including phenoxy) is 1. The number of fused-ring (bicyclic) bond motifs is 1. The highest BCUT2D eigenvalue weighted by Crippen LogP contribution is 2.26. The molecule has 0 aliphatic carbocycles. The van der Waals surface area contributed by atoms with E-state index in [1.165, 1.54) is 26.9 Å². The number of thiophene rings is 1. The average molecular weight is 430 g/mol. The number of para-hydroxylation sites is 1. The number of amides is 1. The van der Waals surface area contributed by atoms with Crippen molar-refractivity contribution in [3.8, 4) is 5.75 Å². The summed E-state index contributed by atoms with van der Waals surface area (Å²) in [6.45, 7) is 5.67. The molecule has 0 radical (unpaired) electrons. The molecule has 152 valence electrons. The summed E-state index contributed by atoms with van der Waals surface area (Å²) in [7, 11) is 0. The molecule has 0 spiro atoms. The standard InChI is InChI=1S/C20H23N5O2S2/c1-13-4-3-5-14(2)19(13)27-11-17-22-23-20(25(17)21)29-12-18(26)24-8-6-16-15(10-24)7-9-28-16/h3-5,7,9H,6,8,10-12,21H2,1-2H3. The summed E-state index contributed by atoms with van der Waals surface area (Å²) >= 11 is 3.07. The topological polar surface area (TPSA) is 86.3 Å². The largest absolute Gasteiger partial charge is 0.485 e. The Morgan fingerprint density at radius 2 is 2.07 bits per heavy atom. The van der Waals surface area contributed by atoms with E-state index in [1.807, 2.05) is 36.9 Å². The average Bonchev–Trinajstić information content (AvgIpc) is 3.32. The lowest BCUT2D eigenvalue weighted by molar-refractivity contribution is -0.129. The monoisotopic (exact) mass is 429 g/mol. The van der Waals surface area contributed by atoms with E-state index >= 15 is 0 Å². The molecule has 1 amide bonds. The first-order chi connectivity index (χ1) is 14.0. The molecule has 1 aliphatic rings. The maximum atomic E-state index is 12.6. The molecule has 4 rings (SSSR count). The minimum absolute atomic E-state index is 0.0863. The third-order valence-corrected chi connectivity index (χ3v) is 6.93. The van der Waals surface area contributed by atoms with Crippen LogP contribution in [0.3, 0.4) is 0 Å². The Kier molecular flexibility index (Phi) is 5.77. The van der Waals surface area contributed by atoms with Crippen LogP contribution in [0.4, 0.5) is 0 Å². The fourth-order valence-electron chi connectivity index (χ4n) is 3.35. The molecule has 2 aromatic heterocycles. The number of aromatic nitrogens is 3. The second kappa shape index (κ2) is 8.46. The molecular weight excluding hydrogens is 406 g/mol. The van der Waals surface area contributed by atoms with Crippen molar-refractivity contribution in [3.63, 3.8) is 0 Å². The van der Waals surface area contributed by atoms with Crippen molar-refractivity contribution < 1.29 is 9.53 Å². The van der Waals surface area contributed by atoms with E-state index in [4.69, 9.17) is 10.6 Å².